The lowest BCUT2D eigenvalue weighted by atomic mass is 10.1. The van der Waals surface area contributed by atoms with E-state index in [2.05, 4.69) is 21.2 Å². The van der Waals surface area contributed by atoms with Gasteiger partial charge in [0.2, 0.25) is 11.1 Å². The standard InChI is InChI=1S/C19H17FN4OS/c1-12-10-13-6-2-5-9-16(13)24(12)17(25)11-26-19-21-18(22-23-19)14-7-3-4-8-15(14)20/h2-9,12H,10-11H2,1H3,(H,21,22,23). The van der Waals surface area contributed by atoms with Crippen LogP contribution in [0.15, 0.2) is 53.7 Å². The SMILES string of the molecule is CC1Cc2ccccc2N1C(=O)CSc1n[nH]c(-c2ccccc2F)n1. The summed E-state index contributed by atoms with van der Waals surface area (Å²) in [6, 6.07) is 14.5. The van der Waals surface area contributed by atoms with Crippen LogP contribution in [0.5, 0.6) is 0 Å². The van der Waals surface area contributed by atoms with Gasteiger partial charge in [-0.15, -0.1) is 5.10 Å². The summed E-state index contributed by atoms with van der Waals surface area (Å²) in [5, 5.41) is 7.25. The van der Waals surface area contributed by atoms with Gasteiger partial charge in [0.15, 0.2) is 5.82 Å². The Labute approximate surface area is 154 Å². The maximum absolute atomic E-state index is 13.8. The van der Waals surface area contributed by atoms with Crippen molar-refractivity contribution in [2.24, 2.45) is 0 Å². The van der Waals surface area contributed by atoms with Gasteiger partial charge >= 0.3 is 0 Å². The van der Waals surface area contributed by atoms with E-state index in [4.69, 9.17) is 0 Å². The lowest BCUT2D eigenvalue weighted by molar-refractivity contribution is -0.116. The summed E-state index contributed by atoms with van der Waals surface area (Å²) in [5.41, 5.74) is 2.53. The van der Waals surface area contributed by atoms with E-state index in [-0.39, 0.29) is 23.5 Å². The molecule has 1 N–H and O–H groups in total. The van der Waals surface area contributed by atoms with E-state index in [1.54, 1.807) is 18.2 Å². The highest BCUT2D eigenvalue weighted by Crippen LogP contribution is 2.32. The second kappa shape index (κ2) is 6.92. The minimum Gasteiger partial charge on any atom is -0.308 e. The third-order valence-corrected chi connectivity index (χ3v) is 5.23. The number of aromatic amines is 1. The van der Waals surface area contributed by atoms with Crippen LogP contribution in [0.2, 0.25) is 0 Å². The lowest BCUT2D eigenvalue weighted by Crippen LogP contribution is -2.36. The summed E-state index contributed by atoms with van der Waals surface area (Å²) in [6.07, 6.45) is 0.866. The molecule has 0 radical (unpaired) electrons. The fourth-order valence-electron chi connectivity index (χ4n) is 3.23. The van der Waals surface area contributed by atoms with Gasteiger partial charge in [-0.2, -0.15) is 0 Å². The molecule has 1 aromatic heterocycles. The van der Waals surface area contributed by atoms with Gasteiger partial charge in [-0.1, -0.05) is 42.1 Å². The van der Waals surface area contributed by atoms with Crippen molar-refractivity contribution in [1.82, 2.24) is 15.2 Å². The van der Waals surface area contributed by atoms with E-state index in [1.807, 2.05) is 30.0 Å². The van der Waals surface area contributed by atoms with Crippen LogP contribution < -0.4 is 4.90 Å². The molecule has 1 amide bonds. The maximum Gasteiger partial charge on any atom is 0.237 e. The number of nitrogens with one attached hydrogen (secondary N) is 1. The Balaban J connectivity index is 1.45. The molecule has 2 aromatic carbocycles. The number of rotatable bonds is 4. The zero-order valence-corrected chi connectivity index (χ0v) is 15.0. The fraction of sp³-hybridized carbons (Fsp3) is 0.211. The van der Waals surface area contributed by atoms with Crippen molar-refractivity contribution in [3.05, 3.63) is 59.9 Å². The molecule has 4 rings (SSSR count). The first kappa shape index (κ1) is 16.8. The minimum atomic E-state index is -0.362. The van der Waals surface area contributed by atoms with E-state index in [0.717, 1.165) is 12.1 Å². The van der Waals surface area contributed by atoms with Gasteiger partial charge in [0.1, 0.15) is 5.82 Å². The molecule has 7 heteroatoms. The molecule has 1 aliphatic rings. The molecule has 0 saturated heterocycles. The first-order valence-electron chi connectivity index (χ1n) is 8.33. The largest absolute Gasteiger partial charge is 0.308 e. The summed E-state index contributed by atoms with van der Waals surface area (Å²) in [7, 11) is 0. The molecule has 2 heterocycles. The molecular weight excluding hydrogens is 351 g/mol. The number of carbonyl (C=O) groups is 1. The molecule has 1 aliphatic heterocycles. The summed E-state index contributed by atoms with van der Waals surface area (Å²) < 4.78 is 13.8. The number of thioether (sulfide) groups is 1. The number of hydrogen-bond donors (Lipinski definition) is 1. The molecule has 0 aliphatic carbocycles. The zero-order chi connectivity index (χ0) is 18.1. The average molecular weight is 368 g/mol. The fourth-order valence-corrected chi connectivity index (χ4v) is 3.88. The van der Waals surface area contributed by atoms with Gasteiger partial charge < -0.3 is 4.90 Å². The number of halogens is 1. The van der Waals surface area contributed by atoms with Crippen LogP contribution >= 0.6 is 11.8 Å². The topological polar surface area (TPSA) is 61.9 Å². The number of benzene rings is 2. The molecule has 0 bridgehead atoms. The highest BCUT2D eigenvalue weighted by atomic mass is 32.2. The number of nitrogens with zero attached hydrogens (tertiary/aromatic N) is 3. The monoisotopic (exact) mass is 368 g/mol. The number of carbonyl (C=O) groups excluding carboxylic acids is 1. The van der Waals surface area contributed by atoms with Crippen LogP contribution in [0.25, 0.3) is 11.4 Å². The number of anilines is 1. The number of fused-ring (bicyclic) bond motifs is 1. The normalized spacial score (nSPS) is 15.9. The minimum absolute atomic E-state index is 0.0182. The molecule has 26 heavy (non-hydrogen) atoms. The summed E-state index contributed by atoms with van der Waals surface area (Å²) in [4.78, 5) is 18.8. The smallest absolute Gasteiger partial charge is 0.237 e. The number of H-pyrrole nitrogens is 1. The van der Waals surface area contributed by atoms with Crippen LogP contribution in [-0.4, -0.2) is 32.9 Å². The lowest BCUT2D eigenvalue weighted by Gasteiger charge is -2.22. The predicted octanol–water partition coefficient (Wildman–Crippen LogP) is 3.68. The van der Waals surface area contributed by atoms with Crippen LogP contribution in [0, 0.1) is 5.82 Å². The number of amides is 1. The third kappa shape index (κ3) is 3.10. The summed E-state index contributed by atoms with van der Waals surface area (Å²) >= 11 is 1.25. The highest BCUT2D eigenvalue weighted by Gasteiger charge is 2.30. The molecule has 0 spiro atoms. The Morgan fingerprint density at radius 3 is 2.88 bits per heavy atom. The van der Waals surface area contributed by atoms with Gasteiger partial charge in [0.25, 0.3) is 0 Å². The van der Waals surface area contributed by atoms with Gasteiger partial charge in [0, 0.05) is 11.7 Å². The van der Waals surface area contributed by atoms with Crippen molar-refractivity contribution in [2.45, 2.75) is 24.5 Å². The molecule has 1 atom stereocenters. The van der Waals surface area contributed by atoms with Crippen molar-refractivity contribution >= 4 is 23.4 Å². The van der Waals surface area contributed by atoms with E-state index >= 15 is 0 Å². The van der Waals surface area contributed by atoms with Gasteiger partial charge in [-0.05, 0) is 37.1 Å². The van der Waals surface area contributed by atoms with E-state index < -0.39 is 0 Å². The predicted molar refractivity (Wildman–Crippen MR) is 99.6 cm³/mol. The van der Waals surface area contributed by atoms with Crippen molar-refractivity contribution < 1.29 is 9.18 Å². The Morgan fingerprint density at radius 2 is 2.04 bits per heavy atom. The van der Waals surface area contributed by atoms with Crippen LogP contribution in [0.3, 0.4) is 0 Å². The Morgan fingerprint density at radius 1 is 1.27 bits per heavy atom. The molecule has 0 fully saturated rings. The van der Waals surface area contributed by atoms with Crippen LogP contribution in [-0.2, 0) is 11.2 Å². The second-order valence-corrected chi connectivity index (χ2v) is 7.12. The molecule has 5 nitrogen and oxygen atoms in total. The molecule has 0 saturated carbocycles. The number of hydrogen-bond acceptors (Lipinski definition) is 4. The third-order valence-electron chi connectivity index (χ3n) is 4.39. The Kier molecular flexibility index (Phi) is 4.46. The highest BCUT2D eigenvalue weighted by molar-refractivity contribution is 7.99. The van der Waals surface area contributed by atoms with Crippen molar-refractivity contribution in [3.8, 4) is 11.4 Å². The molecular formula is C19H17FN4OS. The Hall–Kier alpha value is -2.67. The number of para-hydroxylation sites is 1. The molecule has 3 aromatic rings. The molecule has 132 valence electrons. The Bertz CT molecular complexity index is 958. The van der Waals surface area contributed by atoms with E-state index in [1.165, 1.54) is 23.4 Å². The first-order chi connectivity index (χ1) is 12.6. The van der Waals surface area contributed by atoms with Crippen molar-refractivity contribution in [3.63, 3.8) is 0 Å². The second-order valence-electron chi connectivity index (χ2n) is 6.18. The van der Waals surface area contributed by atoms with Gasteiger partial charge in [-0.25, -0.2) is 9.37 Å². The van der Waals surface area contributed by atoms with Gasteiger partial charge in [-0.3, -0.25) is 9.89 Å². The molecule has 1 unspecified atom stereocenters. The van der Waals surface area contributed by atoms with Crippen LogP contribution in [0.4, 0.5) is 10.1 Å². The zero-order valence-electron chi connectivity index (χ0n) is 14.1. The summed E-state index contributed by atoms with van der Waals surface area (Å²) in [5.74, 6) is 0.245. The quantitative estimate of drug-likeness (QED) is 0.714. The van der Waals surface area contributed by atoms with Crippen LogP contribution in [0.1, 0.15) is 12.5 Å². The van der Waals surface area contributed by atoms with Crippen molar-refractivity contribution in [2.75, 3.05) is 10.7 Å². The van der Waals surface area contributed by atoms with E-state index in [0.29, 0.717) is 16.5 Å². The average Bonchev–Trinajstić information content (AvgIpc) is 3.23. The first-order valence-corrected chi connectivity index (χ1v) is 9.32. The summed E-state index contributed by atoms with van der Waals surface area (Å²) in [6.45, 7) is 2.05. The van der Waals surface area contributed by atoms with Gasteiger partial charge in [0.05, 0.1) is 11.3 Å². The maximum atomic E-state index is 13.8. The number of aromatic nitrogens is 3. The van der Waals surface area contributed by atoms with Crippen molar-refractivity contribution in [1.29, 1.82) is 0 Å². The van der Waals surface area contributed by atoms with E-state index in [9.17, 15) is 9.18 Å².